The van der Waals surface area contributed by atoms with Gasteiger partial charge in [-0.15, -0.1) is 0 Å². The van der Waals surface area contributed by atoms with Crippen molar-refractivity contribution in [2.24, 2.45) is 17.6 Å². The second-order valence-corrected chi connectivity index (χ2v) is 8.38. The van der Waals surface area contributed by atoms with Crippen molar-refractivity contribution in [1.29, 1.82) is 0 Å². The molecule has 0 unspecified atom stereocenters. The van der Waals surface area contributed by atoms with Crippen molar-refractivity contribution in [2.45, 2.75) is 77.2 Å². The van der Waals surface area contributed by atoms with Crippen molar-refractivity contribution in [1.82, 2.24) is 10.2 Å². The monoisotopic (exact) mass is 337 g/mol. The van der Waals surface area contributed by atoms with Gasteiger partial charge in [0.05, 0.1) is 12.5 Å². The van der Waals surface area contributed by atoms with E-state index in [1.54, 1.807) is 4.90 Å². The summed E-state index contributed by atoms with van der Waals surface area (Å²) in [7, 11) is 0. The number of hydrogen-bond acceptors (Lipinski definition) is 3. The van der Waals surface area contributed by atoms with Gasteiger partial charge in [-0.05, 0) is 39.0 Å². The maximum Gasteiger partial charge on any atom is 0.236 e. The molecule has 1 saturated carbocycles. The Morgan fingerprint density at radius 1 is 1.08 bits per heavy atom. The highest BCUT2D eigenvalue weighted by atomic mass is 16.2. The number of primary amides is 1. The normalized spacial score (nSPS) is 23.8. The van der Waals surface area contributed by atoms with E-state index in [1.807, 2.05) is 0 Å². The SMILES string of the molecule is CC(C)(CC1CCCCCC1)NCC(=O)N1CCC[C@@H](C(N)=O)C1. The summed E-state index contributed by atoms with van der Waals surface area (Å²) in [5, 5.41) is 3.46. The molecular weight excluding hydrogens is 302 g/mol. The van der Waals surface area contributed by atoms with Gasteiger partial charge in [-0.2, -0.15) is 0 Å². The first-order valence-corrected chi connectivity index (χ1v) is 9.69. The minimum atomic E-state index is -0.283. The standard InChI is InChI=1S/C19H35N3O2/c1-19(2,12-15-8-5-3-4-6-9-15)21-13-17(23)22-11-7-10-16(14-22)18(20)24/h15-16,21H,3-14H2,1-2H3,(H2,20,24)/t16-/m1/s1. The number of hydrogen-bond donors (Lipinski definition) is 2. The second kappa shape index (κ2) is 8.84. The molecule has 1 aliphatic carbocycles. The number of likely N-dealkylation sites (tertiary alicyclic amines) is 1. The molecule has 1 saturated heterocycles. The lowest BCUT2D eigenvalue weighted by atomic mass is 9.86. The Balaban J connectivity index is 1.77. The molecule has 2 rings (SSSR count). The third kappa shape index (κ3) is 6.08. The van der Waals surface area contributed by atoms with Crippen LogP contribution >= 0.6 is 0 Å². The molecule has 0 bridgehead atoms. The van der Waals surface area contributed by atoms with Crippen molar-refractivity contribution in [3.63, 3.8) is 0 Å². The van der Waals surface area contributed by atoms with Crippen LogP contribution in [0.2, 0.25) is 0 Å². The third-order valence-electron chi connectivity index (χ3n) is 5.67. The molecule has 0 spiro atoms. The Bertz CT molecular complexity index is 428. The van der Waals surface area contributed by atoms with Crippen molar-refractivity contribution in [3.8, 4) is 0 Å². The number of piperidine rings is 1. The lowest BCUT2D eigenvalue weighted by molar-refractivity contribution is -0.134. The lowest BCUT2D eigenvalue weighted by Gasteiger charge is -2.34. The average molecular weight is 338 g/mol. The van der Waals surface area contributed by atoms with Crippen molar-refractivity contribution >= 4 is 11.8 Å². The van der Waals surface area contributed by atoms with Gasteiger partial charge in [0.25, 0.3) is 0 Å². The Morgan fingerprint density at radius 3 is 2.38 bits per heavy atom. The predicted molar refractivity (Wildman–Crippen MR) is 96.4 cm³/mol. The summed E-state index contributed by atoms with van der Waals surface area (Å²) in [5.74, 6) is 0.407. The number of carbonyl (C=O) groups is 2. The Labute approximate surface area is 146 Å². The van der Waals surface area contributed by atoms with Gasteiger partial charge in [-0.25, -0.2) is 0 Å². The van der Waals surface area contributed by atoms with Gasteiger partial charge in [-0.1, -0.05) is 38.5 Å². The average Bonchev–Trinajstić information content (AvgIpc) is 2.81. The molecule has 1 heterocycles. The number of rotatable bonds is 6. The van der Waals surface area contributed by atoms with Crippen molar-refractivity contribution < 1.29 is 9.59 Å². The van der Waals surface area contributed by atoms with Crippen LogP contribution in [0, 0.1) is 11.8 Å². The first kappa shape index (κ1) is 19.2. The fourth-order valence-electron chi connectivity index (χ4n) is 4.22. The molecule has 2 amide bonds. The molecule has 1 aliphatic heterocycles. The summed E-state index contributed by atoms with van der Waals surface area (Å²) in [6, 6.07) is 0. The van der Waals surface area contributed by atoms with E-state index in [2.05, 4.69) is 19.2 Å². The van der Waals surface area contributed by atoms with E-state index >= 15 is 0 Å². The van der Waals surface area contributed by atoms with E-state index in [-0.39, 0.29) is 23.3 Å². The van der Waals surface area contributed by atoms with Crippen molar-refractivity contribution in [3.05, 3.63) is 0 Å². The zero-order valence-electron chi connectivity index (χ0n) is 15.5. The molecule has 0 radical (unpaired) electrons. The van der Waals surface area contributed by atoms with E-state index in [0.29, 0.717) is 13.1 Å². The van der Waals surface area contributed by atoms with Gasteiger partial charge in [0.1, 0.15) is 0 Å². The van der Waals surface area contributed by atoms with Crippen LogP contribution in [-0.4, -0.2) is 41.9 Å². The first-order valence-electron chi connectivity index (χ1n) is 9.69. The summed E-state index contributed by atoms with van der Waals surface area (Å²) in [4.78, 5) is 25.6. The number of amides is 2. The van der Waals surface area contributed by atoms with E-state index in [4.69, 9.17) is 5.73 Å². The van der Waals surface area contributed by atoms with Crippen LogP contribution in [0.5, 0.6) is 0 Å². The molecule has 24 heavy (non-hydrogen) atoms. The first-order chi connectivity index (χ1) is 11.4. The van der Waals surface area contributed by atoms with E-state index in [0.717, 1.165) is 31.7 Å². The van der Waals surface area contributed by atoms with Crippen LogP contribution in [0.4, 0.5) is 0 Å². The molecule has 5 heteroatoms. The van der Waals surface area contributed by atoms with Crippen molar-refractivity contribution in [2.75, 3.05) is 19.6 Å². The highest BCUT2D eigenvalue weighted by Crippen LogP contribution is 2.29. The maximum absolute atomic E-state index is 12.5. The topological polar surface area (TPSA) is 75.4 Å². The zero-order chi connectivity index (χ0) is 17.6. The van der Waals surface area contributed by atoms with Gasteiger partial charge in [0.15, 0.2) is 0 Å². The van der Waals surface area contributed by atoms with E-state index < -0.39 is 0 Å². The van der Waals surface area contributed by atoms with Gasteiger partial charge in [-0.3, -0.25) is 9.59 Å². The van der Waals surface area contributed by atoms with E-state index in [9.17, 15) is 9.59 Å². The highest BCUT2D eigenvalue weighted by molar-refractivity contribution is 5.81. The fourth-order valence-corrected chi connectivity index (χ4v) is 4.22. The summed E-state index contributed by atoms with van der Waals surface area (Å²) in [6.07, 6.45) is 10.9. The summed E-state index contributed by atoms with van der Waals surface area (Å²) in [6.45, 7) is 5.98. The molecule has 2 fully saturated rings. The van der Waals surface area contributed by atoms with Gasteiger partial charge in [0.2, 0.25) is 11.8 Å². The van der Waals surface area contributed by atoms with Crippen LogP contribution < -0.4 is 11.1 Å². The van der Waals surface area contributed by atoms with Crippen LogP contribution in [0.1, 0.15) is 71.6 Å². The quantitative estimate of drug-likeness (QED) is 0.731. The predicted octanol–water partition coefficient (Wildman–Crippen LogP) is 2.44. The molecule has 1 atom stereocenters. The molecule has 5 nitrogen and oxygen atoms in total. The molecular formula is C19H35N3O2. The van der Waals surface area contributed by atoms with E-state index in [1.165, 1.54) is 38.5 Å². The number of carbonyl (C=O) groups excluding carboxylic acids is 2. The molecule has 0 aromatic carbocycles. The van der Waals surface area contributed by atoms with Crippen LogP contribution in [0.25, 0.3) is 0 Å². The number of nitrogens with one attached hydrogen (secondary N) is 1. The maximum atomic E-state index is 12.5. The van der Waals surface area contributed by atoms with Crippen LogP contribution in [0.15, 0.2) is 0 Å². The summed E-state index contributed by atoms with van der Waals surface area (Å²) in [5.41, 5.74) is 5.37. The molecule has 2 aliphatic rings. The molecule has 0 aromatic rings. The Hall–Kier alpha value is -1.10. The van der Waals surface area contributed by atoms with Crippen LogP contribution in [0.3, 0.4) is 0 Å². The van der Waals surface area contributed by atoms with Gasteiger partial charge < -0.3 is 16.0 Å². The number of nitrogens with zero attached hydrogens (tertiary/aromatic N) is 1. The molecule has 3 N–H and O–H groups in total. The van der Waals surface area contributed by atoms with Gasteiger partial charge in [0, 0.05) is 18.6 Å². The minimum absolute atomic E-state index is 0.0243. The Kier molecular flexibility index (Phi) is 7.08. The largest absolute Gasteiger partial charge is 0.369 e. The van der Waals surface area contributed by atoms with Gasteiger partial charge >= 0.3 is 0 Å². The highest BCUT2D eigenvalue weighted by Gasteiger charge is 2.29. The molecule has 0 aromatic heterocycles. The van der Waals surface area contributed by atoms with Crippen LogP contribution in [-0.2, 0) is 9.59 Å². The summed E-state index contributed by atoms with van der Waals surface area (Å²) < 4.78 is 0. The minimum Gasteiger partial charge on any atom is -0.369 e. The summed E-state index contributed by atoms with van der Waals surface area (Å²) >= 11 is 0. The number of nitrogens with two attached hydrogens (primary N) is 1. The smallest absolute Gasteiger partial charge is 0.236 e. The fraction of sp³-hybridized carbons (Fsp3) is 0.895. The Morgan fingerprint density at radius 2 is 1.75 bits per heavy atom. The third-order valence-corrected chi connectivity index (χ3v) is 5.67. The zero-order valence-corrected chi connectivity index (χ0v) is 15.5. The molecule has 138 valence electrons. The second-order valence-electron chi connectivity index (χ2n) is 8.38. The lowest BCUT2D eigenvalue weighted by Crippen LogP contribution is -2.50.